The van der Waals surface area contributed by atoms with Gasteiger partial charge in [0.15, 0.2) is 27.8 Å². The van der Waals surface area contributed by atoms with Crippen molar-refractivity contribution in [1.29, 1.82) is 0 Å². The molecule has 0 radical (unpaired) electrons. The molecule has 11 aromatic carbocycles. The van der Waals surface area contributed by atoms with Gasteiger partial charge in [-0.3, -0.25) is 0 Å². The van der Waals surface area contributed by atoms with Crippen LogP contribution in [0.5, 0.6) is 0 Å². The van der Waals surface area contributed by atoms with Gasteiger partial charge < -0.3 is 9.80 Å². The van der Waals surface area contributed by atoms with E-state index < -0.39 is 16.1 Å². The summed E-state index contributed by atoms with van der Waals surface area (Å²) in [5, 5.41) is 16.3. The van der Waals surface area contributed by atoms with Crippen molar-refractivity contribution in [3.05, 3.63) is 297 Å². The van der Waals surface area contributed by atoms with Crippen molar-refractivity contribution in [2.45, 2.75) is 0 Å². The fourth-order valence-corrected chi connectivity index (χ4v) is 22.5. The molecule has 75 heavy (non-hydrogen) atoms. The molecule has 14 rings (SSSR count). The lowest BCUT2D eigenvalue weighted by Crippen LogP contribution is -2.77. The Morgan fingerprint density at radius 3 is 0.907 bits per heavy atom. The molecule has 2 aliphatic heterocycles. The van der Waals surface area contributed by atoms with Gasteiger partial charge in [-0.2, -0.15) is 0 Å². The van der Waals surface area contributed by atoms with Gasteiger partial charge in [0.05, 0.1) is 5.69 Å². The molecule has 5 nitrogen and oxygen atoms in total. The topological polar surface area (TPSA) is 37.2 Å². The monoisotopic (exact) mass is 991 g/mol. The highest BCUT2D eigenvalue weighted by atomic mass is 28.3. The number of anilines is 6. The largest absolute Gasteiger partial charge is 0.311 e. The number of aromatic nitrogens is 3. The standard InChI is InChI=1S/C68H49N5Si2/c1-6-24-51(25-7-1)68-69-67(50-42-44-52(45-43-50)71-59-34-16-20-38-63(59)74(55-26-8-2-9-27-55,56-28-10-3-11-29-56)64-39-21-17-35-60(64)71)70-73(68)54-48-46-53(47-49-54)72-61-36-18-22-40-65(61)75(57-30-12-4-13-31-57,58-32-14-5-15-33-58)66-41-23-19-37-62(66)72/h1-49H. The number of nitrogens with zero attached hydrogens (tertiary/aromatic N) is 5. The second-order valence-electron chi connectivity index (χ2n) is 19.3. The number of fused-ring (bicyclic) bond motifs is 4. The van der Waals surface area contributed by atoms with Crippen molar-refractivity contribution in [3.8, 4) is 28.5 Å². The molecule has 0 N–H and O–H groups in total. The summed E-state index contributed by atoms with van der Waals surface area (Å²) in [5.41, 5.74) is 9.81. The number of para-hydroxylation sites is 4. The SMILES string of the molecule is c1ccc(-c2nc(-c3ccc(N4c5ccccc5[Si](c5ccccc5)(c5ccccc5)c5ccccc54)cc3)nn2-c2ccc(N3c4ccccc4[Si](c4ccccc4)(c4ccccc4)c4ccccc43)cc2)cc1. The van der Waals surface area contributed by atoms with Crippen LogP contribution in [0.1, 0.15) is 0 Å². The Kier molecular flexibility index (Phi) is 10.8. The van der Waals surface area contributed by atoms with Crippen LogP contribution in [0.15, 0.2) is 297 Å². The first-order valence-electron chi connectivity index (χ1n) is 25.7. The Morgan fingerprint density at radius 2 is 0.547 bits per heavy atom. The highest BCUT2D eigenvalue weighted by Gasteiger charge is 2.50. The molecule has 0 atom stereocenters. The zero-order valence-electron chi connectivity index (χ0n) is 41.0. The number of rotatable bonds is 9. The van der Waals surface area contributed by atoms with Crippen molar-refractivity contribution in [2.75, 3.05) is 9.80 Å². The van der Waals surface area contributed by atoms with E-state index in [0.717, 1.165) is 34.0 Å². The Labute approximate surface area is 439 Å². The van der Waals surface area contributed by atoms with Gasteiger partial charge in [-0.05, 0) is 114 Å². The van der Waals surface area contributed by atoms with Crippen molar-refractivity contribution >= 4 is 91.8 Å². The molecule has 0 spiro atoms. The summed E-state index contributed by atoms with van der Waals surface area (Å²) >= 11 is 0. The van der Waals surface area contributed by atoms with E-state index in [0.29, 0.717) is 5.82 Å². The Hall–Kier alpha value is -9.41. The van der Waals surface area contributed by atoms with Gasteiger partial charge >= 0.3 is 0 Å². The molecule has 0 bridgehead atoms. The zero-order chi connectivity index (χ0) is 49.8. The molecule has 0 aliphatic carbocycles. The van der Waals surface area contributed by atoms with Crippen LogP contribution in [-0.4, -0.2) is 30.9 Å². The molecule has 0 unspecified atom stereocenters. The third-order valence-corrected chi connectivity index (χ3v) is 25.1. The van der Waals surface area contributed by atoms with E-state index >= 15 is 0 Å². The Balaban J connectivity index is 0.852. The van der Waals surface area contributed by atoms with Gasteiger partial charge in [0.25, 0.3) is 0 Å². The van der Waals surface area contributed by atoms with Crippen LogP contribution in [0, 0.1) is 0 Å². The van der Waals surface area contributed by atoms with Gasteiger partial charge in [-0.25, -0.2) is 9.67 Å². The molecule has 0 amide bonds. The van der Waals surface area contributed by atoms with E-state index in [-0.39, 0.29) is 0 Å². The average Bonchev–Trinajstić information content (AvgIpc) is 3.96. The van der Waals surface area contributed by atoms with Crippen LogP contribution >= 0.6 is 0 Å². The summed E-state index contributed by atoms with van der Waals surface area (Å²) in [4.78, 5) is 10.2. The third kappa shape index (κ3) is 6.97. The highest BCUT2D eigenvalue weighted by molar-refractivity contribution is 7.22. The first-order chi connectivity index (χ1) is 37.2. The molecule has 0 saturated heterocycles. The lowest BCUT2D eigenvalue weighted by atomic mass is 10.1. The Bertz CT molecular complexity index is 3820. The van der Waals surface area contributed by atoms with Gasteiger partial charge in [0.2, 0.25) is 0 Å². The fourth-order valence-electron chi connectivity index (χ4n) is 12.3. The summed E-state index contributed by atoms with van der Waals surface area (Å²) in [6, 6.07) is 109. The van der Waals surface area contributed by atoms with Crippen LogP contribution in [0.25, 0.3) is 28.5 Å². The number of hydrogen-bond donors (Lipinski definition) is 0. The van der Waals surface area contributed by atoms with Crippen LogP contribution in [0.4, 0.5) is 34.1 Å². The zero-order valence-corrected chi connectivity index (χ0v) is 43.0. The number of benzene rings is 11. The molecule has 0 saturated carbocycles. The first kappa shape index (κ1) is 44.3. The number of hydrogen-bond acceptors (Lipinski definition) is 4. The molecular weight excluding hydrogens is 943 g/mol. The Morgan fingerprint density at radius 1 is 0.253 bits per heavy atom. The van der Waals surface area contributed by atoms with Gasteiger partial charge in [-0.15, -0.1) is 5.10 Å². The van der Waals surface area contributed by atoms with Crippen LogP contribution in [-0.2, 0) is 0 Å². The first-order valence-corrected chi connectivity index (χ1v) is 29.7. The van der Waals surface area contributed by atoms with Crippen molar-refractivity contribution in [3.63, 3.8) is 0 Å². The van der Waals surface area contributed by atoms with Crippen molar-refractivity contribution in [1.82, 2.24) is 14.8 Å². The maximum atomic E-state index is 5.32. The predicted octanol–water partition coefficient (Wildman–Crippen LogP) is 10.9. The molecule has 354 valence electrons. The van der Waals surface area contributed by atoms with Gasteiger partial charge in [-0.1, -0.05) is 224 Å². The van der Waals surface area contributed by atoms with Crippen molar-refractivity contribution in [2.24, 2.45) is 0 Å². The summed E-state index contributed by atoms with van der Waals surface area (Å²) < 4.78 is 2.00. The lowest BCUT2D eigenvalue weighted by Gasteiger charge is -2.45. The smallest absolute Gasteiger partial charge is 0.184 e. The fraction of sp³-hybridized carbons (Fsp3) is 0. The summed E-state index contributed by atoms with van der Waals surface area (Å²) in [7, 11) is -5.46. The normalized spacial score (nSPS) is 13.8. The van der Waals surface area contributed by atoms with Crippen LogP contribution in [0.2, 0.25) is 0 Å². The molecular formula is C68H49N5Si2. The summed E-state index contributed by atoms with van der Waals surface area (Å²) in [6.07, 6.45) is 0. The molecule has 2 aliphatic rings. The highest BCUT2D eigenvalue weighted by Crippen LogP contribution is 2.41. The minimum Gasteiger partial charge on any atom is -0.311 e. The van der Waals surface area contributed by atoms with E-state index in [2.05, 4.69) is 301 Å². The van der Waals surface area contributed by atoms with Crippen LogP contribution < -0.4 is 51.3 Å². The van der Waals surface area contributed by atoms with E-state index in [1.807, 2.05) is 10.7 Å². The van der Waals surface area contributed by atoms with E-state index in [1.54, 1.807) is 0 Å². The molecule has 0 fully saturated rings. The maximum absolute atomic E-state index is 5.32. The van der Waals surface area contributed by atoms with Crippen molar-refractivity contribution < 1.29 is 0 Å². The van der Waals surface area contributed by atoms with Crippen LogP contribution in [0.3, 0.4) is 0 Å². The summed E-state index contributed by atoms with van der Waals surface area (Å²) in [6.45, 7) is 0. The minimum absolute atomic E-state index is 0.658. The minimum atomic E-state index is -2.73. The molecule has 7 heteroatoms. The van der Waals surface area contributed by atoms with E-state index in [9.17, 15) is 0 Å². The lowest BCUT2D eigenvalue weighted by molar-refractivity contribution is 0.890. The maximum Gasteiger partial charge on any atom is 0.184 e. The quantitative estimate of drug-likeness (QED) is 0.135. The second-order valence-corrected chi connectivity index (χ2v) is 26.8. The molecule has 12 aromatic rings. The second kappa shape index (κ2) is 18.3. The van der Waals surface area contributed by atoms with Gasteiger partial charge in [0, 0.05) is 45.3 Å². The summed E-state index contributed by atoms with van der Waals surface area (Å²) in [5.74, 6) is 1.44. The van der Waals surface area contributed by atoms with Gasteiger partial charge in [0.1, 0.15) is 0 Å². The molecule has 1 aromatic heterocycles. The third-order valence-electron chi connectivity index (χ3n) is 15.4. The van der Waals surface area contributed by atoms with E-state index in [1.165, 1.54) is 64.2 Å². The predicted molar refractivity (Wildman–Crippen MR) is 316 cm³/mol. The average molecular weight is 992 g/mol. The molecule has 3 heterocycles. The van der Waals surface area contributed by atoms with E-state index in [4.69, 9.17) is 10.1 Å².